The maximum absolute atomic E-state index is 12.9. The number of rotatable bonds is 4. The molecule has 0 N–H and O–H groups in total. The zero-order valence-corrected chi connectivity index (χ0v) is 10.9. The highest BCUT2D eigenvalue weighted by Gasteiger charge is 2.36. The molecule has 0 atom stereocenters. The minimum atomic E-state index is -4.64. The molecule has 0 aliphatic rings. The summed E-state index contributed by atoms with van der Waals surface area (Å²) in [7, 11) is 1.06. The molecule has 1 rings (SSSR count). The fourth-order valence-corrected chi connectivity index (χ4v) is 1.72. The van der Waals surface area contributed by atoms with Crippen molar-refractivity contribution in [2.24, 2.45) is 0 Å². The maximum atomic E-state index is 12.9. The van der Waals surface area contributed by atoms with E-state index in [2.05, 4.69) is 4.74 Å². The van der Waals surface area contributed by atoms with Gasteiger partial charge < -0.3 is 9.47 Å². The van der Waals surface area contributed by atoms with Gasteiger partial charge in [-0.25, -0.2) is 0 Å². The molecule has 0 bridgehead atoms. The molecule has 0 saturated carbocycles. The number of methoxy groups -OCH3 is 1. The molecule has 0 unspecified atom stereocenters. The zero-order valence-electron chi connectivity index (χ0n) is 10.9. The van der Waals surface area contributed by atoms with Crippen LogP contribution in [0.25, 0.3) is 0 Å². The fourth-order valence-electron chi connectivity index (χ4n) is 1.72. The Labute approximate surface area is 113 Å². The smallest absolute Gasteiger partial charge is 0.419 e. The topological polar surface area (TPSA) is 59.3 Å². The number of carbonyl (C=O) groups excluding carboxylic acids is 1. The van der Waals surface area contributed by atoms with Gasteiger partial charge in [0.2, 0.25) is 0 Å². The van der Waals surface area contributed by atoms with Gasteiger partial charge in [0.1, 0.15) is 5.75 Å². The zero-order chi connectivity index (χ0) is 15.3. The summed E-state index contributed by atoms with van der Waals surface area (Å²) in [4.78, 5) is 11.4. The van der Waals surface area contributed by atoms with Gasteiger partial charge >= 0.3 is 12.1 Å². The summed E-state index contributed by atoms with van der Waals surface area (Å²) < 4.78 is 48.0. The predicted octanol–water partition coefficient (Wildman–Crippen LogP) is 2.69. The standard InChI is InChI=1S/C13H12F3NO3/c1-3-20-11(18)6-9-8(7-17)4-5-10(12(9)19-2)13(14,15)16/h4-5H,3,6H2,1-2H3. The highest BCUT2D eigenvalue weighted by Crippen LogP contribution is 2.39. The highest BCUT2D eigenvalue weighted by molar-refractivity contribution is 5.75. The Morgan fingerprint density at radius 2 is 2.05 bits per heavy atom. The quantitative estimate of drug-likeness (QED) is 0.799. The number of ether oxygens (including phenoxy) is 2. The van der Waals surface area contributed by atoms with Crippen LogP contribution in [0, 0.1) is 11.3 Å². The van der Waals surface area contributed by atoms with E-state index < -0.39 is 29.9 Å². The molecule has 108 valence electrons. The van der Waals surface area contributed by atoms with Gasteiger partial charge in [-0.05, 0) is 19.1 Å². The van der Waals surface area contributed by atoms with Crippen LogP contribution in [-0.2, 0) is 22.1 Å². The molecule has 1 aromatic rings. The van der Waals surface area contributed by atoms with E-state index in [-0.39, 0.29) is 17.7 Å². The molecular formula is C13H12F3NO3. The van der Waals surface area contributed by atoms with Gasteiger partial charge in [-0.3, -0.25) is 4.79 Å². The summed E-state index contributed by atoms with van der Waals surface area (Å²) in [5, 5.41) is 8.94. The lowest BCUT2D eigenvalue weighted by atomic mass is 9.99. The van der Waals surface area contributed by atoms with E-state index in [1.54, 1.807) is 13.0 Å². The fraction of sp³-hybridized carbons (Fsp3) is 0.385. The van der Waals surface area contributed by atoms with Crippen molar-refractivity contribution in [3.8, 4) is 11.8 Å². The van der Waals surface area contributed by atoms with Crippen LogP contribution in [0.5, 0.6) is 5.75 Å². The molecule has 0 aromatic heterocycles. The van der Waals surface area contributed by atoms with E-state index in [9.17, 15) is 18.0 Å². The number of nitriles is 1. The molecule has 0 fully saturated rings. The van der Waals surface area contributed by atoms with Crippen LogP contribution in [-0.4, -0.2) is 19.7 Å². The molecule has 0 saturated heterocycles. The van der Waals surface area contributed by atoms with Crippen molar-refractivity contribution in [2.75, 3.05) is 13.7 Å². The average molecular weight is 287 g/mol. The van der Waals surface area contributed by atoms with Crippen LogP contribution in [0.3, 0.4) is 0 Å². The number of esters is 1. The number of hydrogen-bond acceptors (Lipinski definition) is 4. The molecule has 20 heavy (non-hydrogen) atoms. The van der Waals surface area contributed by atoms with E-state index >= 15 is 0 Å². The molecule has 0 amide bonds. The van der Waals surface area contributed by atoms with Crippen molar-refractivity contribution in [1.82, 2.24) is 0 Å². The largest absolute Gasteiger partial charge is 0.496 e. The Morgan fingerprint density at radius 1 is 1.40 bits per heavy atom. The Balaban J connectivity index is 3.38. The second kappa shape index (κ2) is 6.28. The first-order valence-electron chi connectivity index (χ1n) is 5.67. The summed E-state index contributed by atoms with van der Waals surface area (Å²) in [6.45, 7) is 1.68. The van der Waals surface area contributed by atoms with Crippen molar-refractivity contribution in [1.29, 1.82) is 5.26 Å². The number of halogens is 3. The number of alkyl halides is 3. The van der Waals surface area contributed by atoms with Crippen LogP contribution in [0.2, 0.25) is 0 Å². The third-order valence-electron chi connectivity index (χ3n) is 2.52. The van der Waals surface area contributed by atoms with Crippen molar-refractivity contribution in [3.63, 3.8) is 0 Å². The first kappa shape index (κ1) is 15.8. The highest BCUT2D eigenvalue weighted by atomic mass is 19.4. The molecule has 0 heterocycles. The number of hydrogen-bond donors (Lipinski definition) is 0. The van der Waals surface area contributed by atoms with Crippen molar-refractivity contribution in [3.05, 3.63) is 28.8 Å². The van der Waals surface area contributed by atoms with Gasteiger partial charge in [-0.15, -0.1) is 0 Å². The first-order valence-corrected chi connectivity index (χ1v) is 5.67. The van der Waals surface area contributed by atoms with Gasteiger partial charge in [0, 0.05) is 5.56 Å². The number of benzene rings is 1. The van der Waals surface area contributed by atoms with Crippen molar-refractivity contribution in [2.45, 2.75) is 19.5 Å². The normalized spacial score (nSPS) is 10.8. The van der Waals surface area contributed by atoms with Crippen molar-refractivity contribution >= 4 is 5.97 Å². The van der Waals surface area contributed by atoms with Crippen LogP contribution in [0.1, 0.15) is 23.6 Å². The van der Waals surface area contributed by atoms with Gasteiger partial charge in [0.25, 0.3) is 0 Å². The Bertz CT molecular complexity index is 547. The summed E-state index contributed by atoms with van der Waals surface area (Å²) in [5.41, 5.74) is -1.20. The minimum absolute atomic E-state index is 0.0529. The monoisotopic (exact) mass is 287 g/mol. The predicted molar refractivity (Wildman–Crippen MR) is 63.0 cm³/mol. The van der Waals surface area contributed by atoms with Crippen molar-refractivity contribution < 1.29 is 27.4 Å². The molecule has 0 aliphatic heterocycles. The maximum Gasteiger partial charge on any atom is 0.419 e. The lowest BCUT2D eigenvalue weighted by Crippen LogP contribution is -2.14. The second-order valence-electron chi connectivity index (χ2n) is 3.76. The lowest BCUT2D eigenvalue weighted by Gasteiger charge is -2.16. The van der Waals surface area contributed by atoms with E-state index in [1.165, 1.54) is 0 Å². The summed E-state index contributed by atoms with van der Waals surface area (Å²) in [6.07, 6.45) is -5.09. The van der Waals surface area contributed by atoms with Gasteiger partial charge in [0.05, 0.1) is 37.3 Å². The molecule has 0 aliphatic carbocycles. The number of nitrogens with zero attached hydrogens (tertiary/aromatic N) is 1. The van der Waals surface area contributed by atoms with E-state index in [0.29, 0.717) is 0 Å². The van der Waals surface area contributed by atoms with Gasteiger partial charge in [-0.1, -0.05) is 0 Å². The third-order valence-corrected chi connectivity index (χ3v) is 2.52. The van der Waals surface area contributed by atoms with E-state index in [4.69, 9.17) is 10.00 Å². The van der Waals surface area contributed by atoms with Crippen LogP contribution >= 0.6 is 0 Å². The van der Waals surface area contributed by atoms with Gasteiger partial charge in [0.15, 0.2) is 0 Å². The SMILES string of the molecule is CCOC(=O)Cc1c(C#N)ccc(C(F)(F)F)c1OC. The van der Waals surface area contributed by atoms with Crippen LogP contribution in [0.4, 0.5) is 13.2 Å². The Kier molecular flexibility index (Phi) is 4.97. The summed E-state index contributed by atoms with van der Waals surface area (Å²) in [5.74, 6) is -1.24. The van der Waals surface area contributed by atoms with Gasteiger partial charge in [-0.2, -0.15) is 18.4 Å². The second-order valence-corrected chi connectivity index (χ2v) is 3.76. The first-order chi connectivity index (χ1) is 9.35. The molecular weight excluding hydrogens is 275 g/mol. The van der Waals surface area contributed by atoms with Crippen LogP contribution < -0.4 is 4.74 Å². The molecule has 1 aromatic carbocycles. The van der Waals surface area contributed by atoms with E-state index in [0.717, 1.165) is 19.2 Å². The molecule has 4 nitrogen and oxygen atoms in total. The van der Waals surface area contributed by atoms with E-state index in [1.807, 2.05) is 0 Å². The molecule has 0 radical (unpaired) electrons. The number of carbonyl (C=O) groups is 1. The Hall–Kier alpha value is -2.23. The minimum Gasteiger partial charge on any atom is -0.496 e. The third kappa shape index (κ3) is 3.41. The lowest BCUT2D eigenvalue weighted by molar-refractivity contribution is -0.143. The summed E-state index contributed by atoms with van der Waals surface area (Å²) in [6, 6.07) is 3.51. The van der Waals surface area contributed by atoms with Crippen LogP contribution in [0.15, 0.2) is 12.1 Å². The summed E-state index contributed by atoms with van der Waals surface area (Å²) >= 11 is 0. The Morgan fingerprint density at radius 3 is 2.50 bits per heavy atom. The molecule has 0 spiro atoms. The average Bonchev–Trinajstić information content (AvgIpc) is 2.37. The molecule has 7 heteroatoms.